The number of ether oxygens (including phenoxy) is 1. The molecule has 0 atom stereocenters. The van der Waals surface area contributed by atoms with Gasteiger partial charge in [-0.1, -0.05) is 19.9 Å². The maximum absolute atomic E-state index is 5.72. The second-order valence-corrected chi connectivity index (χ2v) is 6.82. The van der Waals surface area contributed by atoms with E-state index in [9.17, 15) is 0 Å². The summed E-state index contributed by atoms with van der Waals surface area (Å²) in [5.41, 5.74) is 2.63. The predicted octanol–water partition coefficient (Wildman–Crippen LogP) is 3.95. The van der Waals surface area contributed by atoms with E-state index in [1.807, 2.05) is 0 Å². The van der Waals surface area contributed by atoms with Crippen molar-refractivity contribution in [2.75, 3.05) is 24.6 Å². The summed E-state index contributed by atoms with van der Waals surface area (Å²) in [5, 5.41) is 3.46. The Morgan fingerprint density at radius 1 is 1.33 bits per heavy atom. The normalized spacial score (nSPS) is 16.7. The predicted molar refractivity (Wildman–Crippen MR) is 93.0 cm³/mol. The minimum atomic E-state index is 0.444. The van der Waals surface area contributed by atoms with Crippen LogP contribution in [-0.4, -0.2) is 31.8 Å². The first-order valence-corrected chi connectivity index (χ1v) is 8.77. The van der Waals surface area contributed by atoms with Crippen molar-refractivity contribution in [3.63, 3.8) is 0 Å². The summed E-state index contributed by atoms with van der Waals surface area (Å²) in [6.07, 6.45) is 2.69. The SMILES string of the molecule is CCOC1CCN(c2ccc(CNC(C)C)cc2Br)CC1. The fourth-order valence-corrected chi connectivity index (χ4v) is 3.41. The number of benzene rings is 1. The van der Waals surface area contributed by atoms with E-state index < -0.39 is 0 Å². The average Bonchev–Trinajstić information content (AvgIpc) is 2.47. The summed E-state index contributed by atoms with van der Waals surface area (Å²) in [6, 6.07) is 7.22. The van der Waals surface area contributed by atoms with Gasteiger partial charge < -0.3 is 15.0 Å². The number of halogens is 1. The molecule has 1 aliphatic heterocycles. The van der Waals surface area contributed by atoms with E-state index in [0.29, 0.717) is 12.1 Å². The molecule has 0 unspecified atom stereocenters. The van der Waals surface area contributed by atoms with Gasteiger partial charge in [-0.15, -0.1) is 0 Å². The molecule has 4 heteroatoms. The van der Waals surface area contributed by atoms with Crippen LogP contribution in [0.1, 0.15) is 39.2 Å². The topological polar surface area (TPSA) is 24.5 Å². The first-order chi connectivity index (χ1) is 10.1. The third kappa shape index (κ3) is 4.97. The molecule has 0 spiro atoms. The number of nitrogens with zero attached hydrogens (tertiary/aromatic N) is 1. The molecule has 1 aliphatic rings. The third-order valence-corrected chi connectivity index (χ3v) is 4.55. The van der Waals surface area contributed by atoms with Crippen molar-refractivity contribution in [1.82, 2.24) is 5.32 Å². The largest absolute Gasteiger partial charge is 0.378 e. The van der Waals surface area contributed by atoms with Gasteiger partial charge in [0.1, 0.15) is 0 Å². The number of hydrogen-bond acceptors (Lipinski definition) is 3. The summed E-state index contributed by atoms with van der Waals surface area (Å²) in [4.78, 5) is 2.46. The zero-order valence-electron chi connectivity index (χ0n) is 13.4. The van der Waals surface area contributed by atoms with Crippen molar-refractivity contribution in [2.24, 2.45) is 0 Å². The maximum Gasteiger partial charge on any atom is 0.0608 e. The molecule has 118 valence electrons. The van der Waals surface area contributed by atoms with Crippen LogP contribution in [0.5, 0.6) is 0 Å². The highest BCUT2D eigenvalue weighted by Crippen LogP contribution is 2.30. The Kier molecular flexibility index (Phi) is 6.52. The number of hydrogen-bond donors (Lipinski definition) is 1. The summed E-state index contributed by atoms with van der Waals surface area (Å²) >= 11 is 3.73. The minimum Gasteiger partial charge on any atom is -0.378 e. The molecule has 1 saturated heterocycles. The van der Waals surface area contributed by atoms with Crippen LogP contribution < -0.4 is 10.2 Å². The van der Waals surface area contributed by atoms with Crippen LogP contribution in [-0.2, 0) is 11.3 Å². The lowest BCUT2D eigenvalue weighted by Crippen LogP contribution is -2.37. The van der Waals surface area contributed by atoms with Gasteiger partial charge in [0.25, 0.3) is 0 Å². The van der Waals surface area contributed by atoms with E-state index in [4.69, 9.17) is 4.74 Å². The standard InChI is InChI=1S/C17H27BrN2O/c1-4-21-15-7-9-20(10-8-15)17-6-5-14(11-16(17)18)12-19-13(2)3/h5-6,11,13,15,19H,4,7-10,12H2,1-3H3. The molecule has 2 rings (SSSR count). The summed E-state index contributed by atoms with van der Waals surface area (Å²) in [6.45, 7) is 10.3. The lowest BCUT2D eigenvalue weighted by molar-refractivity contribution is 0.0459. The van der Waals surface area contributed by atoms with E-state index >= 15 is 0 Å². The number of nitrogens with one attached hydrogen (secondary N) is 1. The molecular formula is C17H27BrN2O. The molecular weight excluding hydrogens is 328 g/mol. The molecule has 0 amide bonds. The molecule has 0 radical (unpaired) electrons. The van der Waals surface area contributed by atoms with Crippen LogP contribution in [0.2, 0.25) is 0 Å². The van der Waals surface area contributed by atoms with Crippen molar-refractivity contribution in [3.8, 4) is 0 Å². The Morgan fingerprint density at radius 2 is 2.05 bits per heavy atom. The summed E-state index contributed by atoms with van der Waals surface area (Å²) in [7, 11) is 0. The minimum absolute atomic E-state index is 0.444. The van der Waals surface area contributed by atoms with Gasteiger partial charge in [0.15, 0.2) is 0 Å². The van der Waals surface area contributed by atoms with Gasteiger partial charge >= 0.3 is 0 Å². The monoisotopic (exact) mass is 354 g/mol. The molecule has 1 fully saturated rings. The van der Waals surface area contributed by atoms with Gasteiger partial charge in [0.2, 0.25) is 0 Å². The van der Waals surface area contributed by atoms with Gasteiger partial charge in [-0.25, -0.2) is 0 Å². The van der Waals surface area contributed by atoms with Crippen LogP contribution in [0.25, 0.3) is 0 Å². The highest BCUT2D eigenvalue weighted by Gasteiger charge is 2.20. The Balaban J connectivity index is 1.95. The lowest BCUT2D eigenvalue weighted by Gasteiger charge is -2.34. The number of piperidine rings is 1. The Morgan fingerprint density at radius 3 is 2.62 bits per heavy atom. The van der Waals surface area contributed by atoms with Crippen LogP contribution in [0.4, 0.5) is 5.69 Å². The lowest BCUT2D eigenvalue weighted by atomic mass is 10.1. The summed E-state index contributed by atoms with van der Waals surface area (Å²) in [5.74, 6) is 0. The molecule has 1 aromatic rings. The van der Waals surface area contributed by atoms with E-state index in [0.717, 1.165) is 39.1 Å². The Labute approximate surface area is 137 Å². The van der Waals surface area contributed by atoms with Gasteiger partial charge in [-0.2, -0.15) is 0 Å². The molecule has 1 N–H and O–H groups in total. The van der Waals surface area contributed by atoms with Crippen LogP contribution in [0, 0.1) is 0 Å². The first-order valence-electron chi connectivity index (χ1n) is 7.98. The number of rotatable bonds is 6. The van der Waals surface area contributed by atoms with Gasteiger partial charge in [0.05, 0.1) is 11.8 Å². The zero-order valence-corrected chi connectivity index (χ0v) is 14.9. The van der Waals surface area contributed by atoms with Crippen LogP contribution in [0.3, 0.4) is 0 Å². The summed E-state index contributed by atoms with van der Waals surface area (Å²) < 4.78 is 6.92. The molecule has 0 saturated carbocycles. The molecule has 0 aromatic heterocycles. The number of anilines is 1. The van der Waals surface area contributed by atoms with E-state index in [-0.39, 0.29) is 0 Å². The average molecular weight is 355 g/mol. The van der Waals surface area contributed by atoms with E-state index in [1.165, 1.54) is 15.7 Å². The van der Waals surface area contributed by atoms with Crippen LogP contribution in [0.15, 0.2) is 22.7 Å². The van der Waals surface area contributed by atoms with Gasteiger partial charge in [0, 0.05) is 36.8 Å². The second-order valence-electron chi connectivity index (χ2n) is 5.96. The maximum atomic E-state index is 5.72. The smallest absolute Gasteiger partial charge is 0.0608 e. The van der Waals surface area contributed by atoms with Gasteiger partial charge in [-0.05, 0) is 53.4 Å². The van der Waals surface area contributed by atoms with Crippen molar-refractivity contribution in [3.05, 3.63) is 28.2 Å². The van der Waals surface area contributed by atoms with Crippen molar-refractivity contribution in [2.45, 2.75) is 52.3 Å². The third-order valence-electron chi connectivity index (χ3n) is 3.91. The molecule has 3 nitrogen and oxygen atoms in total. The fourth-order valence-electron chi connectivity index (χ4n) is 2.74. The first kappa shape index (κ1) is 16.8. The highest BCUT2D eigenvalue weighted by molar-refractivity contribution is 9.10. The molecule has 1 heterocycles. The quantitative estimate of drug-likeness (QED) is 0.836. The molecule has 1 aromatic carbocycles. The van der Waals surface area contributed by atoms with Crippen molar-refractivity contribution < 1.29 is 4.74 Å². The Hall–Kier alpha value is -0.580. The van der Waals surface area contributed by atoms with E-state index in [2.05, 4.69) is 65.1 Å². The fraction of sp³-hybridized carbons (Fsp3) is 0.647. The second kappa shape index (κ2) is 8.16. The molecule has 0 bridgehead atoms. The van der Waals surface area contributed by atoms with E-state index in [1.54, 1.807) is 0 Å². The zero-order chi connectivity index (χ0) is 15.2. The van der Waals surface area contributed by atoms with Crippen LogP contribution >= 0.6 is 15.9 Å². The van der Waals surface area contributed by atoms with Crippen molar-refractivity contribution >= 4 is 21.6 Å². The molecule has 0 aliphatic carbocycles. The highest BCUT2D eigenvalue weighted by atomic mass is 79.9. The molecule has 21 heavy (non-hydrogen) atoms. The van der Waals surface area contributed by atoms with Crippen molar-refractivity contribution in [1.29, 1.82) is 0 Å². The van der Waals surface area contributed by atoms with Gasteiger partial charge in [-0.3, -0.25) is 0 Å². The Bertz CT molecular complexity index is 442.